The smallest absolute Gasteiger partial charge is 0.325 e. The lowest BCUT2D eigenvalue weighted by atomic mass is 9.96. The predicted octanol–water partition coefficient (Wildman–Crippen LogP) is 1.63. The number of ether oxygens (including phenoxy) is 1. The topological polar surface area (TPSA) is 55.6 Å². The third-order valence-electron chi connectivity index (χ3n) is 2.68. The molecule has 0 aliphatic heterocycles. The van der Waals surface area contributed by atoms with Gasteiger partial charge >= 0.3 is 5.97 Å². The quantitative estimate of drug-likeness (QED) is 0.509. The van der Waals surface area contributed by atoms with Crippen LogP contribution in [0.25, 0.3) is 0 Å². The van der Waals surface area contributed by atoms with Crippen molar-refractivity contribution in [3.05, 3.63) is 0 Å². The minimum atomic E-state index is -2.31. The van der Waals surface area contributed by atoms with Crippen LogP contribution in [0.4, 0.5) is 8.78 Å². The summed E-state index contributed by atoms with van der Waals surface area (Å²) in [5.74, 6) is -0.411. The lowest BCUT2D eigenvalue weighted by Crippen LogP contribution is -2.46. The molecule has 0 heterocycles. The summed E-state index contributed by atoms with van der Waals surface area (Å²) in [6.07, 6.45) is -0.377. The van der Waals surface area contributed by atoms with E-state index in [9.17, 15) is 13.6 Å². The zero-order chi connectivity index (χ0) is 14.2. The van der Waals surface area contributed by atoms with Crippen LogP contribution in [0.1, 0.15) is 33.1 Å². The molecule has 0 rings (SSSR count). The number of alkyl halides is 2. The van der Waals surface area contributed by atoms with Gasteiger partial charge in [-0.25, -0.2) is 8.78 Å². The summed E-state index contributed by atoms with van der Waals surface area (Å²) in [6.45, 7) is 4.02. The number of carbonyl (C=O) groups is 1. The van der Waals surface area contributed by atoms with Crippen molar-refractivity contribution >= 4 is 5.97 Å². The summed E-state index contributed by atoms with van der Waals surface area (Å²) < 4.78 is 29.0. The van der Waals surface area contributed by atoms with Crippen molar-refractivity contribution in [2.75, 3.05) is 26.7 Å². The van der Waals surface area contributed by atoms with Crippen LogP contribution in [-0.2, 0) is 9.53 Å². The number of esters is 1. The standard InChI is InChI=1S/C12H24F2N2O2/c1-4-18-11(17)12(2,15)7-5-6-8-16(3)9-10(13)14/h10H,4-9,15H2,1-3H3. The molecule has 0 amide bonds. The fourth-order valence-corrected chi connectivity index (χ4v) is 1.60. The van der Waals surface area contributed by atoms with Crippen LogP contribution < -0.4 is 5.73 Å². The Labute approximate surface area is 107 Å². The highest BCUT2D eigenvalue weighted by Crippen LogP contribution is 2.13. The van der Waals surface area contributed by atoms with Gasteiger partial charge in [0, 0.05) is 0 Å². The number of rotatable bonds is 9. The number of halogens is 2. The Hall–Kier alpha value is -0.750. The molecule has 0 radical (unpaired) electrons. The second-order valence-electron chi connectivity index (χ2n) is 4.75. The summed E-state index contributed by atoms with van der Waals surface area (Å²) in [5.41, 5.74) is 4.85. The van der Waals surface area contributed by atoms with Crippen LogP contribution in [0.2, 0.25) is 0 Å². The number of nitrogens with zero attached hydrogens (tertiary/aromatic N) is 1. The molecule has 0 spiro atoms. The zero-order valence-electron chi connectivity index (χ0n) is 11.4. The molecule has 6 heteroatoms. The van der Waals surface area contributed by atoms with Crippen LogP contribution in [0.5, 0.6) is 0 Å². The lowest BCUT2D eigenvalue weighted by Gasteiger charge is -2.22. The Morgan fingerprint density at radius 1 is 1.44 bits per heavy atom. The maximum Gasteiger partial charge on any atom is 0.325 e. The van der Waals surface area contributed by atoms with Gasteiger partial charge in [0.2, 0.25) is 0 Å². The average molecular weight is 266 g/mol. The van der Waals surface area contributed by atoms with E-state index in [2.05, 4.69) is 0 Å². The molecule has 0 aromatic carbocycles. The van der Waals surface area contributed by atoms with E-state index in [-0.39, 0.29) is 6.54 Å². The normalized spacial score (nSPS) is 14.9. The Balaban J connectivity index is 3.79. The minimum Gasteiger partial charge on any atom is -0.465 e. The van der Waals surface area contributed by atoms with Gasteiger partial charge in [0.25, 0.3) is 6.43 Å². The molecular formula is C12H24F2N2O2. The Morgan fingerprint density at radius 2 is 2.06 bits per heavy atom. The van der Waals surface area contributed by atoms with Crippen molar-refractivity contribution in [3.8, 4) is 0 Å². The molecule has 1 atom stereocenters. The largest absolute Gasteiger partial charge is 0.465 e. The Bertz CT molecular complexity index is 248. The van der Waals surface area contributed by atoms with E-state index in [1.54, 1.807) is 25.8 Å². The first-order chi connectivity index (χ1) is 8.29. The van der Waals surface area contributed by atoms with Gasteiger partial charge in [0.15, 0.2) is 0 Å². The molecule has 0 aliphatic rings. The number of hydrogen-bond donors (Lipinski definition) is 1. The van der Waals surface area contributed by atoms with Crippen LogP contribution in [0.3, 0.4) is 0 Å². The summed E-state index contributed by atoms with van der Waals surface area (Å²) in [6, 6.07) is 0. The van der Waals surface area contributed by atoms with Gasteiger partial charge < -0.3 is 15.4 Å². The van der Waals surface area contributed by atoms with Crippen molar-refractivity contribution in [2.45, 2.75) is 45.1 Å². The SMILES string of the molecule is CCOC(=O)C(C)(N)CCCCN(C)CC(F)F. The van der Waals surface area contributed by atoms with Crippen LogP contribution in [0, 0.1) is 0 Å². The van der Waals surface area contributed by atoms with Crippen LogP contribution in [0.15, 0.2) is 0 Å². The van der Waals surface area contributed by atoms with Crippen LogP contribution >= 0.6 is 0 Å². The first kappa shape index (κ1) is 17.2. The predicted molar refractivity (Wildman–Crippen MR) is 66.6 cm³/mol. The first-order valence-corrected chi connectivity index (χ1v) is 6.22. The van der Waals surface area contributed by atoms with E-state index in [4.69, 9.17) is 10.5 Å². The summed E-state index contributed by atoms with van der Waals surface area (Å²) in [5, 5.41) is 0. The van der Waals surface area contributed by atoms with E-state index >= 15 is 0 Å². The monoisotopic (exact) mass is 266 g/mol. The Morgan fingerprint density at radius 3 is 2.56 bits per heavy atom. The fraction of sp³-hybridized carbons (Fsp3) is 0.917. The van der Waals surface area contributed by atoms with Gasteiger partial charge in [-0.05, 0) is 46.7 Å². The maximum absolute atomic E-state index is 12.1. The second-order valence-corrected chi connectivity index (χ2v) is 4.75. The highest BCUT2D eigenvalue weighted by Gasteiger charge is 2.29. The highest BCUT2D eigenvalue weighted by atomic mass is 19.3. The van der Waals surface area contributed by atoms with E-state index < -0.39 is 17.9 Å². The molecule has 2 N–H and O–H groups in total. The van der Waals surface area contributed by atoms with E-state index in [0.29, 0.717) is 26.0 Å². The van der Waals surface area contributed by atoms with Gasteiger partial charge in [-0.2, -0.15) is 0 Å². The van der Waals surface area contributed by atoms with Crippen molar-refractivity contribution in [1.29, 1.82) is 0 Å². The summed E-state index contributed by atoms with van der Waals surface area (Å²) in [7, 11) is 1.65. The van der Waals surface area contributed by atoms with Gasteiger partial charge in [-0.3, -0.25) is 4.79 Å². The van der Waals surface area contributed by atoms with Crippen molar-refractivity contribution in [2.24, 2.45) is 5.73 Å². The molecular weight excluding hydrogens is 242 g/mol. The van der Waals surface area contributed by atoms with Crippen molar-refractivity contribution in [3.63, 3.8) is 0 Å². The molecule has 0 saturated carbocycles. The molecule has 0 aliphatic carbocycles. The number of nitrogens with two attached hydrogens (primary N) is 1. The van der Waals surface area contributed by atoms with Crippen molar-refractivity contribution in [1.82, 2.24) is 4.90 Å². The molecule has 0 aromatic rings. The van der Waals surface area contributed by atoms with Gasteiger partial charge in [0.1, 0.15) is 5.54 Å². The summed E-state index contributed by atoms with van der Waals surface area (Å²) >= 11 is 0. The third kappa shape index (κ3) is 7.55. The Kier molecular flexibility index (Phi) is 8.02. The first-order valence-electron chi connectivity index (χ1n) is 6.22. The van der Waals surface area contributed by atoms with Crippen molar-refractivity contribution < 1.29 is 18.3 Å². The van der Waals surface area contributed by atoms with Gasteiger partial charge in [-0.1, -0.05) is 0 Å². The highest BCUT2D eigenvalue weighted by molar-refractivity contribution is 5.79. The minimum absolute atomic E-state index is 0.224. The molecule has 18 heavy (non-hydrogen) atoms. The number of carbonyl (C=O) groups excluding carboxylic acids is 1. The second kappa shape index (κ2) is 8.37. The molecule has 4 nitrogen and oxygen atoms in total. The third-order valence-corrected chi connectivity index (χ3v) is 2.68. The molecule has 0 aromatic heterocycles. The van der Waals surface area contributed by atoms with Gasteiger partial charge in [0.05, 0.1) is 13.2 Å². The molecule has 0 saturated heterocycles. The molecule has 108 valence electrons. The van der Waals surface area contributed by atoms with Crippen LogP contribution in [-0.4, -0.2) is 49.6 Å². The van der Waals surface area contributed by atoms with Gasteiger partial charge in [-0.15, -0.1) is 0 Å². The lowest BCUT2D eigenvalue weighted by molar-refractivity contribution is -0.149. The average Bonchev–Trinajstić information content (AvgIpc) is 2.24. The summed E-state index contributed by atoms with van der Waals surface area (Å²) in [4.78, 5) is 13.1. The van der Waals surface area contributed by atoms with E-state index in [0.717, 1.165) is 6.42 Å². The molecule has 0 fully saturated rings. The maximum atomic E-state index is 12.1. The number of unbranched alkanes of at least 4 members (excludes halogenated alkanes) is 1. The molecule has 0 bridgehead atoms. The molecule has 1 unspecified atom stereocenters. The van der Waals surface area contributed by atoms with E-state index in [1.807, 2.05) is 0 Å². The van der Waals surface area contributed by atoms with E-state index in [1.165, 1.54) is 0 Å². The zero-order valence-corrected chi connectivity index (χ0v) is 11.4. The number of hydrogen-bond acceptors (Lipinski definition) is 4. The fourth-order valence-electron chi connectivity index (χ4n) is 1.60.